The molecular formula is C19H23NO3. The molecular weight excluding hydrogens is 290 g/mol. The maximum atomic E-state index is 11.7. The third-order valence-corrected chi connectivity index (χ3v) is 3.19. The van der Waals surface area contributed by atoms with E-state index in [1.807, 2.05) is 18.2 Å². The first kappa shape index (κ1) is 18.5. The second kappa shape index (κ2) is 11.1. The zero-order valence-corrected chi connectivity index (χ0v) is 13.8. The van der Waals surface area contributed by atoms with Crippen molar-refractivity contribution in [3.05, 3.63) is 48.0 Å². The van der Waals surface area contributed by atoms with Crippen LogP contribution in [-0.2, 0) is 9.57 Å². The number of carbonyl (C=O) groups is 1. The Balaban J connectivity index is 2.65. The van der Waals surface area contributed by atoms with Gasteiger partial charge >= 0.3 is 5.97 Å². The predicted octanol–water partition coefficient (Wildman–Crippen LogP) is 3.96. The van der Waals surface area contributed by atoms with Gasteiger partial charge in [-0.15, -0.1) is 6.58 Å². The molecule has 0 N–H and O–H groups in total. The highest BCUT2D eigenvalue weighted by atomic mass is 16.6. The van der Waals surface area contributed by atoms with Gasteiger partial charge in [0.25, 0.3) is 0 Å². The molecule has 23 heavy (non-hydrogen) atoms. The summed E-state index contributed by atoms with van der Waals surface area (Å²) in [7, 11) is 2.91. The molecule has 1 aromatic rings. The zero-order chi connectivity index (χ0) is 16.9. The molecule has 0 aromatic heterocycles. The number of benzene rings is 1. The summed E-state index contributed by atoms with van der Waals surface area (Å²) in [5, 5.41) is 4.04. The van der Waals surface area contributed by atoms with Crippen LogP contribution in [-0.4, -0.2) is 25.9 Å². The van der Waals surface area contributed by atoms with Gasteiger partial charge in [-0.2, -0.15) is 0 Å². The number of methoxy groups -OCH3 is 1. The monoisotopic (exact) mass is 313 g/mol. The normalized spacial score (nSPS) is 10.4. The SMILES string of the molecule is C=CCCC/C(CCC#Cc1ccccc1C(=O)OC)=N\OC. The highest BCUT2D eigenvalue weighted by molar-refractivity contribution is 5.92. The second-order valence-corrected chi connectivity index (χ2v) is 4.86. The Kier molecular flexibility index (Phi) is 8.92. The second-order valence-electron chi connectivity index (χ2n) is 4.86. The quantitative estimate of drug-likeness (QED) is 0.182. The van der Waals surface area contributed by atoms with Crippen LogP contribution in [0.4, 0.5) is 0 Å². The minimum atomic E-state index is -0.374. The predicted molar refractivity (Wildman–Crippen MR) is 92.4 cm³/mol. The molecule has 0 spiro atoms. The molecule has 122 valence electrons. The van der Waals surface area contributed by atoms with Gasteiger partial charge in [-0.1, -0.05) is 35.2 Å². The lowest BCUT2D eigenvalue weighted by molar-refractivity contribution is 0.0600. The van der Waals surface area contributed by atoms with E-state index in [0.717, 1.165) is 31.4 Å². The first-order chi connectivity index (χ1) is 11.2. The molecule has 0 aliphatic rings. The van der Waals surface area contributed by atoms with Crippen LogP contribution in [0.5, 0.6) is 0 Å². The maximum Gasteiger partial charge on any atom is 0.339 e. The van der Waals surface area contributed by atoms with Crippen molar-refractivity contribution in [2.45, 2.75) is 32.1 Å². The first-order valence-electron chi connectivity index (χ1n) is 7.59. The van der Waals surface area contributed by atoms with Crippen molar-refractivity contribution in [2.24, 2.45) is 5.16 Å². The summed E-state index contributed by atoms with van der Waals surface area (Å²) in [6, 6.07) is 7.17. The fourth-order valence-corrected chi connectivity index (χ4v) is 2.04. The van der Waals surface area contributed by atoms with Crippen LogP contribution in [0, 0.1) is 11.8 Å². The molecule has 1 rings (SSSR count). The number of ether oxygens (including phenoxy) is 1. The van der Waals surface area contributed by atoms with Gasteiger partial charge in [0.15, 0.2) is 0 Å². The third-order valence-electron chi connectivity index (χ3n) is 3.19. The highest BCUT2D eigenvalue weighted by Crippen LogP contribution is 2.09. The summed E-state index contributed by atoms with van der Waals surface area (Å²) >= 11 is 0. The van der Waals surface area contributed by atoms with E-state index in [0.29, 0.717) is 17.5 Å². The number of carbonyl (C=O) groups excluding carboxylic acids is 1. The van der Waals surface area contributed by atoms with E-state index in [-0.39, 0.29) is 5.97 Å². The molecule has 0 fully saturated rings. The van der Waals surface area contributed by atoms with E-state index in [1.165, 1.54) is 7.11 Å². The minimum Gasteiger partial charge on any atom is -0.465 e. The lowest BCUT2D eigenvalue weighted by atomic mass is 10.1. The fourth-order valence-electron chi connectivity index (χ4n) is 2.04. The molecule has 4 nitrogen and oxygen atoms in total. The average molecular weight is 313 g/mol. The number of oxime groups is 1. The summed E-state index contributed by atoms with van der Waals surface area (Å²) in [6.45, 7) is 3.71. The van der Waals surface area contributed by atoms with Crippen molar-refractivity contribution in [2.75, 3.05) is 14.2 Å². The van der Waals surface area contributed by atoms with E-state index >= 15 is 0 Å². The van der Waals surface area contributed by atoms with Gasteiger partial charge in [0.05, 0.1) is 18.4 Å². The standard InChI is InChI=1S/C19H23NO3/c1-4-5-6-13-17(20-23-3)14-9-7-11-16-12-8-10-15-18(16)19(21)22-2/h4,8,10,12,15H,1,5-6,9,13-14H2,2-3H3/b20-17+. The van der Waals surface area contributed by atoms with E-state index < -0.39 is 0 Å². The van der Waals surface area contributed by atoms with Gasteiger partial charge in [0.1, 0.15) is 7.11 Å². The van der Waals surface area contributed by atoms with Gasteiger partial charge in [0.2, 0.25) is 0 Å². The van der Waals surface area contributed by atoms with Crippen LogP contribution in [0.1, 0.15) is 48.0 Å². The lowest BCUT2D eigenvalue weighted by Crippen LogP contribution is -2.03. The Bertz CT molecular complexity index is 609. The van der Waals surface area contributed by atoms with Crippen LogP contribution >= 0.6 is 0 Å². The summed E-state index contributed by atoms with van der Waals surface area (Å²) in [6.07, 6.45) is 6.14. The van der Waals surface area contributed by atoms with Crippen LogP contribution in [0.2, 0.25) is 0 Å². The van der Waals surface area contributed by atoms with E-state index in [9.17, 15) is 4.79 Å². The van der Waals surface area contributed by atoms with Crippen LogP contribution < -0.4 is 0 Å². The summed E-state index contributed by atoms with van der Waals surface area (Å²) in [4.78, 5) is 16.5. The molecule has 0 saturated heterocycles. The fraction of sp³-hybridized carbons (Fsp3) is 0.368. The van der Waals surface area contributed by atoms with Crippen LogP contribution in [0.3, 0.4) is 0 Å². The van der Waals surface area contributed by atoms with Crippen molar-refractivity contribution in [1.29, 1.82) is 0 Å². The number of hydrogen-bond acceptors (Lipinski definition) is 4. The molecule has 0 aliphatic carbocycles. The van der Waals surface area contributed by atoms with E-state index in [1.54, 1.807) is 19.2 Å². The van der Waals surface area contributed by atoms with Crippen molar-refractivity contribution in [3.8, 4) is 11.8 Å². The first-order valence-corrected chi connectivity index (χ1v) is 7.59. The van der Waals surface area contributed by atoms with Crippen molar-refractivity contribution < 1.29 is 14.4 Å². The Hall–Kier alpha value is -2.54. The number of nitrogens with zero attached hydrogens (tertiary/aromatic N) is 1. The Labute approximate surface area is 138 Å². The van der Waals surface area contributed by atoms with Gasteiger partial charge in [-0.3, -0.25) is 0 Å². The summed E-state index contributed by atoms with van der Waals surface area (Å²) in [5.41, 5.74) is 2.15. The van der Waals surface area contributed by atoms with Gasteiger partial charge in [-0.25, -0.2) is 4.79 Å². The number of rotatable bonds is 8. The van der Waals surface area contributed by atoms with Crippen molar-refractivity contribution in [3.63, 3.8) is 0 Å². The van der Waals surface area contributed by atoms with Crippen molar-refractivity contribution >= 4 is 11.7 Å². The summed E-state index contributed by atoms with van der Waals surface area (Å²) in [5.74, 6) is 5.74. The molecule has 1 aromatic carbocycles. The molecule has 0 bridgehead atoms. The molecule has 0 aliphatic heterocycles. The van der Waals surface area contributed by atoms with Gasteiger partial charge in [0, 0.05) is 12.0 Å². The third kappa shape index (κ3) is 6.84. The summed E-state index contributed by atoms with van der Waals surface area (Å²) < 4.78 is 4.76. The van der Waals surface area contributed by atoms with Gasteiger partial charge < -0.3 is 9.57 Å². The molecule has 0 radical (unpaired) electrons. The number of esters is 1. The average Bonchev–Trinajstić information content (AvgIpc) is 2.58. The topological polar surface area (TPSA) is 47.9 Å². The molecule has 0 saturated carbocycles. The molecule has 0 unspecified atom stereocenters. The molecule has 0 amide bonds. The Morgan fingerprint density at radius 1 is 1.30 bits per heavy atom. The minimum absolute atomic E-state index is 0.374. The number of hydrogen-bond donors (Lipinski definition) is 0. The Morgan fingerprint density at radius 2 is 2.09 bits per heavy atom. The maximum absolute atomic E-state index is 11.7. The number of unbranched alkanes of at least 4 members (excludes halogenated alkanes) is 1. The van der Waals surface area contributed by atoms with E-state index in [2.05, 4.69) is 23.6 Å². The Morgan fingerprint density at radius 3 is 2.78 bits per heavy atom. The molecule has 4 heteroatoms. The van der Waals surface area contributed by atoms with Crippen LogP contribution in [0.25, 0.3) is 0 Å². The number of allylic oxidation sites excluding steroid dienone is 1. The zero-order valence-electron chi connectivity index (χ0n) is 13.8. The highest BCUT2D eigenvalue weighted by Gasteiger charge is 2.08. The van der Waals surface area contributed by atoms with Crippen molar-refractivity contribution in [1.82, 2.24) is 0 Å². The van der Waals surface area contributed by atoms with Gasteiger partial charge in [-0.05, 0) is 37.8 Å². The van der Waals surface area contributed by atoms with E-state index in [4.69, 9.17) is 9.57 Å². The largest absolute Gasteiger partial charge is 0.465 e. The van der Waals surface area contributed by atoms with Crippen LogP contribution in [0.15, 0.2) is 42.1 Å². The smallest absolute Gasteiger partial charge is 0.339 e. The lowest BCUT2D eigenvalue weighted by Gasteiger charge is -2.02. The molecule has 0 heterocycles. The molecule has 0 atom stereocenters.